The van der Waals surface area contributed by atoms with E-state index in [1.807, 2.05) is 12.3 Å². The largest absolute Gasteiger partial charge is 0.348 e. The molecule has 0 spiro atoms. The summed E-state index contributed by atoms with van der Waals surface area (Å²) in [5, 5.41) is 3.06. The molecule has 5 nitrogen and oxygen atoms in total. The summed E-state index contributed by atoms with van der Waals surface area (Å²) in [6.45, 7) is 8.24. The number of hydrogen-bond acceptors (Lipinski definition) is 5. The summed E-state index contributed by atoms with van der Waals surface area (Å²) in [7, 11) is 0. The molecule has 0 aliphatic heterocycles. The molecular formula is C15H26N4OS. The molecule has 118 valence electrons. The number of nitrogens with zero attached hydrogens (tertiary/aromatic N) is 1. The van der Waals surface area contributed by atoms with Crippen molar-refractivity contribution in [1.29, 1.82) is 0 Å². The smallest absolute Gasteiger partial charge is 0.251 e. The van der Waals surface area contributed by atoms with Gasteiger partial charge in [0.05, 0.1) is 0 Å². The monoisotopic (exact) mass is 310 g/mol. The summed E-state index contributed by atoms with van der Waals surface area (Å²) in [5.41, 5.74) is 3.80. The van der Waals surface area contributed by atoms with Gasteiger partial charge in [-0.25, -0.2) is 10.8 Å². The van der Waals surface area contributed by atoms with Crippen LogP contribution in [-0.2, 0) is 5.41 Å². The number of amides is 1. The molecule has 1 aromatic rings. The van der Waals surface area contributed by atoms with E-state index in [9.17, 15) is 4.79 Å². The van der Waals surface area contributed by atoms with Crippen molar-refractivity contribution in [3.63, 3.8) is 0 Å². The SMILES string of the molecule is CCC(CSC)NC(=O)c1cc(NN)nc(C(C)(C)C)c1. The quantitative estimate of drug-likeness (QED) is 0.556. The Morgan fingerprint density at radius 2 is 2.10 bits per heavy atom. The van der Waals surface area contributed by atoms with Crippen LogP contribution in [-0.4, -0.2) is 28.9 Å². The van der Waals surface area contributed by atoms with E-state index in [1.54, 1.807) is 17.8 Å². The first-order chi connectivity index (χ1) is 9.81. The van der Waals surface area contributed by atoms with Crippen LogP contribution in [0.2, 0.25) is 0 Å². The van der Waals surface area contributed by atoms with Crippen LogP contribution in [0.1, 0.15) is 50.2 Å². The van der Waals surface area contributed by atoms with Crippen LogP contribution in [0.3, 0.4) is 0 Å². The first-order valence-corrected chi connectivity index (χ1v) is 8.50. The zero-order valence-electron chi connectivity index (χ0n) is 13.5. The van der Waals surface area contributed by atoms with Crippen molar-refractivity contribution in [3.8, 4) is 0 Å². The van der Waals surface area contributed by atoms with Gasteiger partial charge in [-0.3, -0.25) is 4.79 Å². The predicted octanol–water partition coefficient (Wildman–Crippen LogP) is 2.54. The molecule has 6 heteroatoms. The van der Waals surface area contributed by atoms with E-state index < -0.39 is 0 Å². The Morgan fingerprint density at radius 3 is 2.57 bits per heavy atom. The fourth-order valence-electron chi connectivity index (χ4n) is 1.85. The van der Waals surface area contributed by atoms with Gasteiger partial charge in [0.15, 0.2) is 0 Å². The van der Waals surface area contributed by atoms with Gasteiger partial charge in [-0.15, -0.1) is 0 Å². The van der Waals surface area contributed by atoms with E-state index >= 15 is 0 Å². The van der Waals surface area contributed by atoms with Crippen LogP contribution < -0.4 is 16.6 Å². The molecule has 1 aromatic heterocycles. The highest BCUT2D eigenvalue weighted by Crippen LogP contribution is 2.23. The summed E-state index contributed by atoms with van der Waals surface area (Å²) >= 11 is 1.73. The first kappa shape index (κ1) is 17.8. The second-order valence-electron chi connectivity index (χ2n) is 6.05. The molecule has 0 aromatic carbocycles. The first-order valence-electron chi connectivity index (χ1n) is 7.10. The Morgan fingerprint density at radius 1 is 1.43 bits per heavy atom. The number of nitrogen functional groups attached to an aromatic ring is 1. The molecule has 1 rings (SSSR count). The number of pyridine rings is 1. The minimum absolute atomic E-state index is 0.0831. The number of hydrogen-bond donors (Lipinski definition) is 3. The molecule has 1 unspecified atom stereocenters. The molecule has 1 amide bonds. The van der Waals surface area contributed by atoms with Gasteiger partial charge in [0.25, 0.3) is 5.91 Å². The molecule has 0 radical (unpaired) electrons. The van der Waals surface area contributed by atoms with Gasteiger partial charge in [-0.05, 0) is 24.8 Å². The van der Waals surface area contributed by atoms with Crippen LogP contribution >= 0.6 is 11.8 Å². The summed E-state index contributed by atoms with van der Waals surface area (Å²) in [6, 6.07) is 3.69. The number of thioether (sulfide) groups is 1. The van der Waals surface area contributed by atoms with Crippen LogP contribution in [0, 0.1) is 0 Å². The van der Waals surface area contributed by atoms with Crippen molar-refractivity contribution in [2.45, 2.75) is 45.6 Å². The van der Waals surface area contributed by atoms with Crippen molar-refractivity contribution in [2.24, 2.45) is 5.84 Å². The van der Waals surface area contributed by atoms with Crippen LogP contribution in [0.25, 0.3) is 0 Å². The number of carbonyl (C=O) groups is 1. The Kier molecular flexibility index (Phi) is 6.48. The standard InChI is InChI=1S/C15H26N4OS/c1-6-11(9-21-5)17-14(20)10-7-12(15(2,3)4)18-13(8-10)19-16/h7-8,11H,6,9,16H2,1-5H3,(H,17,20)(H,18,19). The molecular weight excluding hydrogens is 284 g/mol. The lowest BCUT2D eigenvalue weighted by Crippen LogP contribution is -2.36. The summed E-state index contributed by atoms with van der Waals surface area (Å²) in [6.07, 6.45) is 2.95. The van der Waals surface area contributed by atoms with Gasteiger partial charge in [-0.1, -0.05) is 27.7 Å². The Labute approximate surface area is 131 Å². The Balaban J connectivity index is 3.03. The molecule has 0 aliphatic carbocycles. The molecule has 4 N–H and O–H groups in total. The normalized spacial score (nSPS) is 12.9. The highest BCUT2D eigenvalue weighted by molar-refractivity contribution is 7.98. The van der Waals surface area contributed by atoms with Gasteiger partial charge < -0.3 is 10.7 Å². The van der Waals surface area contributed by atoms with Crippen molar-refractivity contribution < 1.29 is 4.79 Å². The van der Waals surface area contributed by atoms with E-state index in [1.165, 1.54) is 0 Å². The highest BCUT2D eigenvalue weighted by Gasteiger charge is 2.20. The summed E-state index contributed by atoms with van der Waals surface area (Å²) in [4.78, 5) is 16.8. The second kappa shape index (κ2) is 7.66. The van der Waals surface area contributed by atoms with Crippen molar-refractivity contribution in [2.75, 3.05) is 17.4 Å². The van der Waals surface area contributed by atoms with Gasteiger partial charge in [0.2, 0.25) is 0 Å². The van der Waals surface area contributed by atoms with Gasteiger partial charge in [0.1, 0.15) is 5.82 Å². The molecule has 0 aliphatic rings. The third-order valence-electron chi connectivity index (χ3n) is 3.20. The summed E-state index contributed by atoms with van der Waals surface area (Å²) < 4.78 is 0. The zero-order valence-corrected chi connectivity index (χ0v) is 14.3. The lowest BCUT2D eigenvalue weighted by molar-refractivity contribution is 0.0940. The fraction of sp³-hybridized carbons (Fsp3) is 0.600. The van der Waals surface area contributed by atoms with E-state index in [0.717, 1.165) is 17.9 Å². The summed E-state index contributed by atoms with van der Waals surface area (Å²) in [5.74, 6) is 6.78. The lowest BCUT2D eigenvalue weighted by atomic mass is 9.90. The van der Waals surface area contributed by atoms with E-state index in [2.05, 4.69) is 43.4 Å². The Bertz CT molecular complexity index is 485. The van der Waals surface area contributed by atoms with Crippen LogP contribution in [0.4, 0.5) is 5.82 Å². The average Bonchev–Trinajstić information content (AvgIpc) is 2.45. The molecule has 0 bridgehead atoms. The van der Waals surface area contributed by atoms with Crippen LogP contribution in [0.5, 0.6) is 0 Å². The van der Waals surface area contributed by atoms with Crippen molar-refractivity contribution in [3.05, 3.63) is 23.4 Å². The molecule has 0 saturated heterocycles. The number of aromatic nitrogens is 1. The molecule has 0 saturated carbocycles. The number of rotatable bonds is 6. The maximum absolute atomic E-state index is 12.4. The number of nitrogens with one attached hydrogen (secondary N) is 2. The topological polar surface area (TPSA) is 80.0 Å². The van der Waals surface area contributed by atoms with Gasteiger partial charge in [0, 0.05) is 28.5 Å². The van der Waals surface area contributed by atoms with Crippen LogP contribution in [0.15, 0.2) is 12.1 Å². The molecule has 1 atom stereocenters. The maximum atomic E-state index is 12.4. The molecule has 21 heavy (non-hydrogen) atoms. The number of hydrazine groups is 1. The number of anilines is 1. The Hall–Kier alpha value is -1.27. The average molecular weight is 310 g/mol. The highest BCUT2D eigenvalue weighted by atomic mass is 32.2. The van der Waals surface area contributed by atoms with Gasteiger partial charge in [-0.2, -0.15) is 11.8 Å². The number of nitrogens with two attached hydrogens (primary N) is 1. The fourth-order valence-corrected chi connectivity index (χ4v) is 2.57. The predicted molar refractivity (Wildman–Crippen MR) is 90.7 cm³/mol. The van der Waals surface area contributed by atoms with E-state index in [-0.39, 0.29) is 17.4 Å². The van der Waals surface area contributed by atoms with Crippen molar-refractivity contribution >= 4 is 23.5 Å². The number of carbonyl (C=O) groups excluding carboxylic acids is 1. The minimum atomic E-state index is -0.148. The van der Waals surface area contributed by atoms with Crippen molar-refractivity contribution in [1.82, 2.24) is 10.3 Å². The lowest BCUT2D eigenvalue weighted by Gasteiger charge is -2.21. The third-order valence-corrected chi connectivity index (χ3v) is 3.94. The van der Waals surface area contributed by atoms with Gasteiger partial charge >= 0.3 is 0 Å². The minimum Gasteiger partial charge on any atom is -0.348 e. The third kappa shape index (κ3) is 5.21. The maximum Gasteiger partial charge on any atom is 0.251 e. The molecule has 1 heterocycles. The zero-order chi connectivity index (χ0) is 16.0. The van der Waals surface area contributed by atoms with E-state index in [4.69, 9.17) is 5.84 Å². The van der Waals surface area contributed by atoms with E-state index in [0.29, 0.717) is 11.4 Å². The second-order valence-corrected chi connectivity index (χ2v) is 6.97. The molecule has 0 fully saturated rings.